The summed E-state index contributed by atoms with van der Waals surface area (Å²) in [6.07, 6.45) is 59.7. The molecule has 7 unspecified atom stereocenters. The molecular formula is C63H123NO8. The average Bonchev–Trinajstić information content (AvgIpc) is 3.38. The lowest BCUT2D eigenvalue weighted by atomic mass is 9.99. The van der Waals surface area contributed by atoms with E-state index in [1.807, 2.05) is 0 Å². The third-order valence-corrected chi connectivity index (χ3v) is 15.6. The molecule has 0 spiro atoms. The standard InChI is InChI=1S/C63H123NO8/c1-3-5-7-9-11-13-15-17-19-21-23-25-26-27-28-29-30-31-32-33-35-37-39-41-43-45-47-49-51-53-59(67)64-56(55-71-63-62(70)61(69)60(68)58(54-65)72-63)57(66)52-50-48-46-44-42-40-38-36-34-24-22-20-18-16-14-12-10-8-6-4-2/h21,23,56-58,60-63,65-66,68-70H,3-20,22,24-55H2,1-2H3,(H,64,67)/b23-21-. The summed E-state index contributed by atoms with van der Waals surface area (Å²) in [6.45, 7) is 3.89. The summed E-state index contributed by atoms with van der Waals surface area (Å²) in [6, 6.07) is -0.716. The summed E-state index contributed by atoms with van der Waals surface area (Å²) in [5.41, 5.74) is 0. The summed E-state index contributed by atoms with van der Waals surface area (Å²) < 4.78 is 11.3. The molecule has 6 N–H and O–H groups in total. The number of aliphatic hydroxyl groups is 5. The van der Waals surface area contributed by atoms with Gasteiger partial charge in [0.2, 0.25) is 5.91 Å². The first-order valence-electron chi connectivity index (χ1n) is 31.9. The van der Waals surface area contributed by atoms with Crippen molar-refractivity contribution in [1.29, 1.82) is 0 Å². The first-order chi connectivity index (χ1) is 35.3. The molecule has 428 valence electrons. The highest BCUT2D eigenvalue weighted by Gasteiger charge is 2.44. The number of amides is 1. The summed E-state index contributed by atoms with van der Waals surface area (Å²) in [5, 5.41) is 54.8. The minimum atomic E-state index is -1.55. The highest BCUT2D eigenvalue weighted by molar-refractivity contribution is 5.76. The molecule has 0 saturated carbocycles. The maximum absolute atomic E-state index is 13.1. The number of aliphatic hydroxyl groups excluding tert-OH is 5. The van der Waals surface area contributed by atoms with E-state index in [4.69, 9.17) is 9.47 Å². The van der Waals surface area contributed by atoms with Crippen molar-refractivity contribution in [3.8, 4) is 0 Å². The lowest BCUT2D eigenvalue weighted by Crippen LogP contribution is -2.60. The van der Waals surface area contributed by atoms with Gasteiger partial charge in [0, 0.05) is 6.42 Å². The van der Waals surface area contributed by atoms with E-state index in [-0.39, 0.29) is 12.5 Å². The molecule has 1 heterocycles. The number of allylic oxidation sites excluding steroid dienone is 2. The topological polar surface area (TPSA) is 149 Å². The lowest BCUT2D eigenvalue weighted by molar-refractivity contribution is -0.302. The Morgan fingerprint density at radius 3 is 1.12 bits per heavy atom. The molecule has 1 saturated heterocycles. The Labute approximate surface area is 446 Å². The molecule has 9 heteroatoms. The summed E-state index contributed by atoms with van der Waals surface area (Å²) in [4.78, 5) is 13.1. The van der Waals surface area contributed by atoms with Crippen LogP contribution in [0.2, 0.25) is 0 Å². The van der Waals surface area contributed by atoms with Crippen molar-refractivity contribution < 1.29 is 39.8 Å². The average molecular weight is 1020 g/mol. The van der Waals surface area contributed by atoms with Crippen molar-refractivity contribution in [3.63, 3.8) is 0 Å². The zero-order valence-corrected chi connectivity index (χ0v) is 47.7. The SMILES string of the molecule is CCCCCCCCCC/C=C\CCCCCCCCCCCCCCCCCCCC(=O)NC(COC1OC(CO)C(O)C(O)C1O)C(O)CCCCCCCCCCCCCCCCCCCCCC. The number of carbonyl (C=O) groups is 1. The fourth-order valence-electron chi connectivity index (χ4n) is 10.6. The van der Waals surface area contributed by atoms with E-state index < -0.39 is 49.5 Å². The van der Waals surface area contributed by atoms with E-state index in [1.54, 1.807) is 0 Å². The van der Waals surface area contributed by atoms with E-state index in [1.165, 1.54) is 263 Å². The van der Waals surface area contributed by atoms with Crippen LogP contribution in [-0.2, 0) is 14.3 Å². The third kappa shape index (κ3) is 42.1. The molecular weight excluding hydrogens is 899 g/mol. The van der Waals surface area contributed by atoms with Gasteiger partial charge in [-0.1, -0.05) is 296 Å². The zero-order chi connectivity index (χ0) is 52.2. The normalized spacial score (nSPS) is 19.1. The number of nitrogens with one attached hydrogen (secondary N) is 1. The number of rotatable bonds is 56. The molecule has 1 amide bonds. The first-order valence-corrected chi connectivity index (χ1v) is 31.9. The predicted octanol–water partition coefficient (Wildman–Crippen LogP) is 16.4. The van der Waals surface area contributed by atoms with Crippen molar-refractivity contribution in [3.05, 3.63) is 12.2 Å². The van der Waals surface area contributed by atoms with Crippen LogP contribution in [0.3, 0.4) is 0 Å². The second-order valence-electron chi connectivity index (χ2n) is 22.6. The van der Waals surface area contributed by atoms with Crippen molar-refractivity contribution >= 4 is 5.91 Å². The predicted molar refractivity (Wildman–Crippen MR) is 304 cm³/mol. The van der Waals surface area contributed by atoms with Gasteiger partial charge >= 0.3 is 0 Å². The Bertz CT molecular complexity index is 1140. The van der Waals surface area contributed by atoms with Crippen LogP contribution >= 0.6 is 0 Å². The van der Waals surface area contributed by atoms with Gasteiger partial charge < -0.3 is 40.3 Å². The van der Waals surface area contributed by atoms with Crippen LogP contribution in [0.5, 0.6) is 0 Å². The highest BCUT2D eigenvalue weighted by Crippen LogP contribution is 2.24. The van der Waals surface area contributed by atoms with E-state index in [0.717, 1.165) is 38.5 Å². The highest BCUT2D eigenvalue weighted by atomic mass is 16.7. The van der Waals surface area contributed by atoms with Crippen LogP contribution < -0.4 is 5.32 Å². The van der Waals surface area contributed by atoms with Crippen molar-refractivity contribution in [2.75, 3.05) is 13.2 Å². The van der Waals surface area contributed by atoms with Crippen molar-refractivity contribution in [2.24, 2.45) is 0 Å². The maximum Gasteiger partial charge on any atom is 0.220 e. The van der Waals surface area contributed by atoms with Gasteiger partial charge in [-0.2, -0.15) is 0 Å². The molecule has 7 atom stereocenters. The molecule has 0 aromatic heterocycles. The number of hydrogen-bond acceptors (Lipinski definition) is 8. The van der Waals surface area contributed by atoms with Gasteiger partial charge in [-0.25, -0.2) is 0 Å². The second kappa shape index (κ2) is 53.3. The molecule has 72 heavy (non-hydrogen) atoms. The van der Waals surface area contributed by atoms with Crippen LogP contribution in [0.4, 0.5) is 0 Å². The monoisotopic (exact) mass is 1020 g/mol. The molecule has 1 fully saturated rings. The maximum atomic E-state index is 13.1. The van der Waals surface area contributed by atoms with Gasteiger partial charge in [0.1, 0.15) is 24.4 Å². The van der Waals surface area contributed by atoms with Crippen LogP contribution in [0.15, 0.2) is 12.2 Å². The number of hydrogen-bond donors (Lipinski definition) is 6. The van der Waals surface area contributed by atoms with Gasteiger partial charge in [0.15, 0.2) is 6.29 Å². The van der Waals surface area contributed by atoms with Gasteiger partial charge in [0.05, 0.1) is 25.4 Å². The fraction of sp³-hybridized carbons (Fsp3) is 0.952. The van der Waals surface area contributed by atoms with E-state index in [2.05, 4.69) is 31.3 Å². The number of ether oxygens (including phenoxy) is 2. The molecule has 0 bridgehead atoms. The number of carbonyl (C=O) groups excluding carboxylic acids is 1. The van der Waals surface area contributed by atoms with Gasteiger partial charge in [-0.05, 0) is 38.5 Å². The van der Waals surface area contributed by atoms with Crippen molar-refractivity contribution in [2.45, 2.75) is 371 Å². The first kappa shape index (κ1) is 68.9. The molecule has 0 aromatic rings. The van der Waals surface area contributed by atoms with Crippen LogP contribution in [0.25, 0.3) is 0 Å². The molecule has 0 aromatic carbocycles. The molecule has 1 aliphatic rings. The largest absolute Gasteiger partial charge is 0.394 e. The van der Waals surface area contributed by atoms with Gasteiger partial charge in [-0.15, -0.1) is 0 Å². The third-order valence-electron chi connectivity index (χ3n) is 15.6. The van der Waals surface area contributed by atoms with Crippen LogP contribution in [0, 0.1) is 0 Å². The Morgan fingerprint density at radius 1 is 0.458 bits per heavy atom. The van der Waals surface area contributed by atoms with E-state index in [9.17, 15) is 30.3 Å². The zero-order valence-electron chi connectivity index (χ0n) is 47.7. The Balaban J connectivity index is 2.13. The summed E-state index contributed by atoms with van der Waals surface area (Å²) in [7, 11) is 0. The lowest BCUT2D eigenvalue weighted by Gasteiger charge is -2.40. The molecule has 0 radical (unpaired) electrons. The van der Waals surface area contributed by atoms with Crippen molar-refractivity contribution in [1.82, 2.24) is 5.32 Å². The molecule has 9 nitrogen and oxygen atoms in total. The van der Waals surface area contributed by atoms with Gasteiger partial charge in [-0.3, -0.25) is 4.79 Å². The Kier molecular flexibility index (Phi) is 51.1. The number of unbranched alkanes of at least 4 members (excludes halogenated alkanes) is 44. The van der Waals surface area contributed by atoms with Crippen LogP contribution in [-0.4, -0.2) is 87.5 Å². The molecule has 1 aliphatic heterocycles. The second-order valence-corrected chi connectivity index (χ2v) is 22.6. The summed E-state index contributed by atoms with van der Waals surface area (Å²) >= 11 is 0. The quantitative estimate of drug-likeness (QED) is 0.0261. The summed E-state index contributed by atoms with van der Waals surface area (Å²) in [5.74, 6) is -0.136. The van der Waals surface area contributed by atoms with E-state index in [0.29, 0.717) is 12.8 Å². The Hall–Kier alpha value is -1.07. The van der Waals surface area contributed by atoms with E-state index >= 15 is 0 Å². The molecule has 1 rings (SSSR count). The molecule has 0 aliphatic carbocycles. The fourth-order valence-corrected chi connectivity index (χ4v) is 10.6. The van der Waals surface area contributed by atoms with Crippen LogP contribution in [0.1, 0.15) is 328 Å². The van der Waals surface area contributed by atoms with Gasteiger partial charge in [0.25, 0.3) is 0 Å². The minimum absolute atomic E-state index is 0.132. The Morgan fingerprint density at radius 2 is 0.778 bits per heavy atom. The smallest absolute Gasteiger partial charge is 0.220 e. The minimum Gasteiger partial charge on any atom is -0.394 e.